The number of nitrogens with one attached hydrogen (secondary N) is 2. The van der Waals surface area contributed by atoms with Crippen LogP contribution in [0.15, 0.2) is 6.07 Å². The molecule has 1 fully saturated rings. The molecule has 1 unspecified atom stereocenters. The van der Waals surface area contributed by atoms with Gasteiger partial charge >= 0.3 is 0 Å². The van der Waals surface area contributed by atoms with E-state index >= 15 is 0 Å². The summed E-state index contributed by atoms with van der Waals surface area (Å²) in [4.78, 5) is 4.43. The monoisotopic (exact) mass is 303 g/mol. The van der Waals surface area contributed by atoms with Crippen LogP contribution in [-0.2, 0) is 4.74 Å². The van der Waals surface area contributed by atoms with Crippen molar-refractivity contribution in [3.05, 3.63) is 16.1 Å². The predicted molar refractivity (Wildman–Crippen MR) is 80.5 cm³/mol. The van der Waals surface area contributed by atoms with Crippen LogP contribution in [0.1, 0.15) is 26.2 Å². The lowest BCUT2D eigenvalue weighted by molar-refractivity contribution is 0.120. The van der Waals surface area contributed by atoms with Crippen molar-refractivity contribution in [1.82, 2.24) is 4.98 Å². The summed E-state index contributed by atoms with van der Waals surface area (Å²) >= 11 is 12.2. The maximum absolute atomic E-state index is 6.14. The molecular formula is C13H19Cl2N3O. The number of pyridine rings is 1. The second-order valence-electron chi connectivity index (χ2n) is 4.59. The number of anilines is 2. The number of rotatable bonds is 6. The van der Waals surface area contributed by atoms with Gasteiger partial charge in [0.1, 0.15) is 11.6 Å². The minimum Gasteiger partial charge on any atom is -0.376 e. The Morgan fingerprint density at radius 2 is 2.05 bits per heavy atom. The summed E-state index contributed by atoms with van der Waals surface area (Å²) in [5, 5.41) is 7.49. The first-order valence-electron chi connectivity index (χ1n) is 6.66. The molecule has 2 N–H and O–H groups in total. The molecule has 19 heavy (non-hydrogen) atoms. The summed E-state index contributed by atoms with van der Waals surface area (Å²) in [6, 6.07) is 1.71. The van der Waals surface area contributed by atoms with Crippen molar-refractivity contribution in [2.45, 2.75) is 32.3 Å². The maximum atomic E-state index is 6.14. The molecule has 0 saturated carbocycles. The summed E-state index contributed by atoms with van der Waals surface area (Å²) < 4.78 is 5.56. The fourth-order valence-electron chi connectivity index (χ4n) is 1.97. The van der Waals surface area contributed by atoms with Gasteiger partial charge in [-0.1, -0.05) is 30.1 Å². The Hall–Kier alpha value is -0.710. The van der Waals surface area contributed by atoms with Crippen molar-refractivity contribution >= 4 is 34.8 Å². The highest BCUT2D eigenvalue weighted by Crippen LogP contribution is 2.29. The SMILES string of the molecule is CCCNc1nc(NCC2CCCO2)c(Cl)cc1Cl. The van der Waals surface area contributed by atoms with Gasteiger partial charge in [-0.15, -0.1) is 0 Å². The third-order valence-corrected chi connectivity index (χ3v) is 3.57. The Balaban J connectivity index is 2.01. The molecule has 6 heteroatoms. The van der Waals surface area contributed by atoms with Crippen LogP contribution in [0.3, 0.4) is 0 Å². The first-order valence-corrected chi connectivity index (χ1v) is 7.41. The zero-order valence-corrected chi connectivity index (χ0v) is 12.5. The van der Waals surface area contributed by atoms with E-state index < -0.39 is 0 Å². The second kappa shape index (κ2) is 7.17. The van der Waals surface area contributed by atoms with Crippen LogP contribution < -0.4 is 10.6 Å². The fraction of sp³-hybridized carbons (Fsp3) is 0.615. The Morgan fingerprint density at radius 1 is 1.32 bits per heavy atom. The van der Waals surface area contributed by atoms with E-state index in [2.05, 4.69) is 22.5 Å². The first kappa shape index (κ1) is 14.7. The summed E-state index contributed by atoms with van der Waals surface area (Å²) in [5.41, 5.74) is 0. The van der Waals surface area contributed by atoms with Gasteiger partial charge in [-0.05, 0) is 25.3 Å². The molecule has 0 aromatic carbocycles. The summed E-state index contributed by atoms with van der Waals surface area (Å²) in [6.07, 6.45) is 3.47. The van der Waals surface area contributed by atoms with Crippen molar-refractivity contribution in [3.8, 4) is 0 Å². The van der Waals surface area contributed by atoms with Gasteiger partial charge < -0.3 is 15.4 Å². The summed E-state index contributed by atoms with van der Waals surface area (Å²) in [7, 11) is 0. The van der Waals surface area contributed by atoms with Crippen molar-refractivity contribution < 1.29 is 4.74 Å². The third-order valence-electron chi connectivity index (χ3n) is 2.99. The Morgan fingerprint density at radius 3 is 2.68 bits per heavy atom. The highest BCUT2D eigenvalue weighted by Gasteiger charge is 2.16. The molecule has 1 aliphatic rings. The van der Waals surface area contributed by atoms with E-state index in [1.807, 2.05) is 0 Å². The number of nitrogens with zero attached hydrogens (tertiary/aromatic N) is 1. The number of halogens is 2. The van der Waals surface area contributed by atoms with Crippen molar-refractivity contribution in [3.63, 3.8) is 0 Å². The van der Waals surface area contributed by atoms with E-state index in [0.717, 1.165) is 39.0 Å². The Bertz CT molecular complexity index is 423. The standard InChI is InChI=1S/C13H19Cl2N3O/c1-2-5-16-12-10(14)7-11(15)13(18-12)17-8-9-4-3-6-19-9/h7,9H,2-6,8H2,1H3,(H2,16,17,18). The van der Waals surface area contributed by atoms with Crippen LogP contribution in [0.5, 0.6) is 0 Å². The van der Waals surface area contributed by atoms with E-state index in [9.17, 15) is 0 Å². The third kappa shape index (κ3) is 4.13. The maximum Gasteiger partial charge on any atom is 0.147 e. The van der Waals surface area contributed by atoms with E-state index in [1.54, 1.807) is 6.07 Å². The molecule has 0 amide bonds. The predicted octanol–water partition coefficient (Wildman–Crippen LogP) is 3.80. The molecule has 1 aliphatic heterocycles. The summed E-state index contributed by atoms with van der Waals surface area (Å²) in [5.74, 6) is 1.32. The van der Waals surface area contributed by atoms with Crippen LogP contribution in [0.2, 0.25) is 10.0 Å². The molecule has 1 saturated heterocycles. The Labute approximate surface area is 123 Å². The van der Waals surface area contributed by atoms with Gasteiger partial charge in [0.05, 0.1) is 16.1 Å². The average Bonchev–Trinajstić information content (AvgIpc) is 2.90. The lowest BCUT2D eigenvalue weighted by Gasteiger charge is -2.14. The average molecular weight is 304 g/mol. The van der Waals surface area contributed by atoms with Crippen molar-refractivity contribution in [2.75, 3.05) is 30.3 Å². The van der Waals surface area contributed by atoms with E-state index in [1.165, 1.54) is 0 Å². The zero-order chi connectivity index (χ0) is 13.7. The van der Waals surface area contributed by atoms with Gasteiger partial charge in [0, 0.05) is 19.7 Å². The van der Waals surface area contributed by atoms with Gasteiger partial charge in [-0.25, -0.2) is 4.98 Å². The lowest BCUT2D eigenvalue weighted by Crippen LogP contribution is -2.19. The number of hydrogen-bond acceptors (Lipinski definition) is 4. The molecule has 1 aromatic heterocycles. The molecule has 2 rings (SSSR count). The molecule has 2 heterocycles. The quantitative estimate of drug-likeness (QED) is 0.839. The highest BCUT2D eigenvalue weighted by atomic mass is 35.5. The zero-order valence-electron chi connectivity index (χ0n) is 11.0. The molecule has 1 aromatic rings. The van der Waals surface area contributed by atoms with Crippen LogP contribution in [0, 0.1) is 0 Å². The number of hydrogen-bond donors (Lipinski definition) is 2. The number of ether oxygens (including phenoxy) is 1. The molecule has 106 valence electrons. The molecule has 0 bridgehead atoms. The van der Waals surface area contributed by atoms with E-state index in [0.29, 0.717) is 21.7 Å². The molecule has 0 radical (unpaired) electrons. The van der Waals surface area contributed by atoms with Gasteiger partial charge in [0.15, 0.2) is 0 Å². The van der Waals surface area contributed by atoms with Crippen LogP contribution in [-0.4, -0.2) is 30.8 Å². The largest absolute Gasteiger partial charge is 0.376 e. The Kier molecular flexibility index (Phi) is 5.55. The summed E-state index contributed by atoms with van der Waals surface area (Å²) in [6.45, 7) is 4.49. The lowest BCUT2D eigenvalue weighted by atomic mass is 10.2. The number of aromatic nitrogens is 1. The van der Waals surface area contributed by atoms with E-state index in [4.69, 9.17) is 27.9 Å². The van der Waals surface area contributed by atoms with E-state index in [-0.39, 0.29) is 6.10 Å². The molecule has 0 aliphatic carbocycles. The minimum absolute atomic E-state index is 0.251. The fourth-order valence-corrected chi connectivity index (χ4v) is 2.47. The van der Waals surface area contributed by atoms with Gasteiger partial charge in [-0.2, -0.15) is 0 Å². The highest BCUT2D eigenvalue weighted by molar-refractivity contribution is 6.37. The van der Waals surface area contributed by atoms with Crippen molar-refractivity contribution in [2.24, 2.45) is 0 Å². The molecular weight excluding hydrogens is 285 g/mol. The second-order valence-corrected chi connectivity index (χ2v) is 5.41. The molecule has 1 atom stereocenters. The topological polar surface area (TPSA) is 46.2 Å². The minimum atomic E-state index is 0.251. The van der Waals surface area contributed by atoms with Gasteiger partial charge in [0.2, 0.25) is 0 Å². The molecule has 4 nitrogen and oxygen atoms in total. The van der Waals surface area contributed by atoms with Gasteiger partial charge in [-0.3, -0.25) is 0 Å². The van der Waals surface area contributed by atoms with Gasteiger partial charge in [0.25, 0.3) is 0 Å². The van der Waals surface area contributed by atoms with Crippen LogP contribution >= 0.6 is 23.2 Å². The van der Waals surface area contributed by atoms with Crippen LogP contribution in [0.4, 0.5) is 11.6 Å². The first-order chi connectivity index (χ1) is 9.20. The van der Waals surface area contributed by atoms with Crippen molar-refractivity contribution in [1.29, 1.82) is 0 Å². The molecule has 0 spiro atoms. The van der Waals surface area contributed by atoms with Crippen LogP contribution in [0.25, 0.3) is 0 Å². The smallest absolute Gasteiger partial charge is 0.147 e. The normalized spacial score (nSPS) is 18.6.